The lowest BCUT2D eigenvalue weighted by molar-refractivity contribution is -0.135. The van der Waals surface area contributed by atoms with Gasteiger partial charge in [-0.1, -0.05) is 6.92 Å². The molecule has 1 aromatic rings. The molecule has 17 heavy (non-hydrogen) atoms. The summed E-state index contributed by atoms with van der Waals surface area (Å²) in [6.45, 7) is 2.55. The Morgan fingerprint density at radius 2 is 2.29 bits per heavy atom. The summed E-state index contributed by atoms with van der Waals surface area (Å²) in [6.07, 6.45) is 1.55. The van der Waals surface area contributed by atoms with E-state index in [1.165, 1.54) is 4.88 Å². The standard InChI is InChI=1S/C12H18BrNO2S/c1-3-9(8-15)12(16)14(2)7-6-10-4-5-11(13)17-10/h4-5,9,15H,3,6-8H2,1-2H3. The van der Waals surface area contributed by atoms with E-state index in [2.05, 4.69) is 22.0 Å². The van der Waals surface area contributed by atoms with Crippen LogP contribution in [0, 0.1) is 5.92 Å². The van der Waals surface area contributed by atoms with Crippen LogP contribution >= 0.6 is 27.3 Å². The SMILES string of the molecule is CCC(CO)C(=O)N(C)CCc1ccc(Br)s1. The van der Waals surface area contributed by atoms with Gasteiger partial charge in [0.15, 0.2) is 0 Å². The Hall–Kier alpha value is -0.390. The molecule has 1 amide bonds. The molecular formula is C12H18BrNO2S. The fourth-order valence-electron chi connectivity index (χ4n) is 1.57. The van der Waals surface area contributed by atoms with E-state index in [4.69, 9.17) is 5.11 Å². The number of nitrogens with zero attached hydrogens (tertiary/aromatic N) is 1. The fourth-order valence-corrected chi connectivity index (χ4v) is 3.04. The summed E-state index contributed by atoms with van der Waals surface area (Å²) in [5.41, 5.74) is 0. The van der Waals surface area contributed by atoms with Crippen LogP contribution < -0.4 is 0 Å². The summed E-state index contributed by atoms with van der Waals surface area (Å²) >= 11 is 5.11. The number of rotatable bonds is 6. The normalized spacial score (nSPS) is 12.5. The average Bonchev–Trinajstić information content (AvgIpc) is 2.73. The molecule has 1 atom stereocenters. The van der Waals surface area contributed by atoms with Crippen molar-refractivity contribution in [2.75, 3.05) is 20.2 Å². The summed E-state index contributed by atoms with van der Waals surface area (Å²) in [5.74, 6) is -0.222. The Balaban J connectivity index is 2.43. The van der Waals surface area contributed by atoms with Crippen molar-refractivity contribution in [1.29, 1.82) is 0 Å². The second kappa shape index (κ2) is 7.13. The highest BCUT2D eigenvalue weighted by Gasteiger charge is 2.19. The molecule has 0 saturated carbocycles. The highest BCUT2D eigenvalue weighted by Crippen LogP contribution is 2.22. The topological polar surface area (TPSA) is 40.5 Å². The molecular weight excluding hydrogens is 302 g/mol. The fraction of sp³-hybridized carbons (Fsp3) is 0.583. The molecule has 0 bridgehead atoms. The van der Waals surface area contributed by atoms with Crippen LogP contribution in [-0.2, 0) is 11.2 Å². The van der Waals surface area contributed by atoms with Gasteiger partial charge in [0.05, 0.1) is 16.3 Å². The Kier molecular flexibility index (Phi) is 6.16. The molecule has 3 nitrogen and oxygen atoms in total. The van der Waals surface area contributed by atoms with Gasteiger partial charge in [-0.15, -0.1) is 11.3 Å². The largest absolute Gasteiger partial charge is 0.396 e. The maximum absolute atomic E-state index is 11.9. The van der Waals surface area contributed by atoms with Crippen molar-refractivity contribution < 1.29 is 9.90 Å². The summed E-state index contributed by atoms with van der Waals surface area (Å²) in [5, 5.41) is 9.08. The lowest BCUT2D eigenvalue weighted by Crippen LogP contribution is -2.35. The summed E-state index contributed by atoms with van der Waals surface area (Å²) in [7, 11) is 1.79. The number of carbonyl (C=O) groups excluding carboxylic acids is 1. The van der Waals surface area contributed by atoms with Gasteiger partial charge in [0, 0.05) is 18.5 Å². The van der Waals surface area contributed by atoms with Crippen LogP contribution in [0.5, 0.6) is 0 Å². The molecule has 0 aliphatic rings. The van der Waals surface area contributed by atoms with Gasteiger partial charge in [-0.2, -0.15) is 0 Å². The Morgan fingerprint density at radius 1 is 1.59 bits per heavy atom. The first-order valence-electron chi connectivity index (χ1n) is 5.68. The van der Waals surface area contributed by atoms with Crippen molar-refractivity contribution in [1.82, 2.24) is 4.90 Å². The number of carbonyl (C=O) groups is 1. The van der Waals surface area contributed by atoms with Gasteiger partial charge in [0.25, 0.3) is 0 Å². The molecule has 0 aliphatic heterocycles. The second-order valence-electron chi connectivity index (χ2n) is 4.00. The monoisotopic (exact) mass is 319 g/mol. The van der Waals surface area contributed by atoms with Crippen LogP contribution in [0.15, 0.2) is 15.9 Å². The van der Waals surface area contributed by atoms with Crippen LogP contribution in [0.1, 0.15) is 18.2 Å². The van der Waals surface area contributed by atoms with E-state index in [0.717, 1.165) is 10.2 Å². The first-order valence-corrected chi connectivity index (χ1v) is 7.29. The van der Waals surface area contributed by atoms with E-state index in [9.17, 15) is 4.79 Å². The molecule has 1 rings (SSSR count). The molecule has 0 radical (unpaired) electrons. The number of hydrogen-bond donors (Lipinski definition) is 1. The van der Waals surface area contributed by atoms with Gasteiger partial charge < -0.3 is 10.0 Å². The van der Waals surface area contributed by atoms with E-state index in [1.54, 1.807) is 23.3 Å². The molecule has 1 unspecified atom stereocenters. The Bertz CT molecular complexity index is 363. The van der Waals surface area contributed by atoms with Crippen molar-refractivity contribution >= 4 is 33.2 Å². The van der Waals surface area contributed by atoms with Crippen LogP contribution in [0.25, 0.3) is 0 Å². The summed E-state index contributed by atoms with van der Waals surface area (Å²) in [6, 6.07) is 4.08. The third kappa shape index (κ3) is 4.41. The van der Waals surface area contributed by atoms with Crippen molar-refractivity contribution in [3.63, 3.8) is 0 Å². The molecule has 0 saturated heterocycles. The highest BCUT2D eigenvalue weighted by molar-refractivity contribution is 9.11. The maximum atomic E-state index is 11.9. The van der Waals surface area contributed by atoms with E-state index in [-0.39, 0.29) is 18.4 Å². The van der Waals surface area contributed by atoms with Gasteiger partial charge >= 0.3 is 0 Å². The molecule has 0 aromatic carbocycles. The van der Waals surface area contributed by atoms with Gasteiger partial charge in [0.1, 0.15) is 0 Å². The number of hydrogen-bond acceptors (Lipinski definition) is 3. The highest BCUT2D eigenvalue weighted by atomic mass is 79.9. The zero-order valence-electron chi connectivity index (χ0n) is 10.1. The van der Waals surface area contributed by atoms with Gasteiger partial charge in [-0.05, 0) is 40.9 Å². The van der Waals surface area contributed by atoms with Crippen LogP contribution in [-0.4, -0.2) is 36.1 Å². The molecule has 0 aliphatic carbocycles. The van der Waals surface area contributed by atoms with E-state index in [1.807, 2.05) is 13.0 Å². The van der Waals surface area contributed by atoms with Crippen molar-refractivity contribution in [3.8, 4) is 0 Å². The van der Waals surface area contributed by atoms with Crippen molar-refractivity contribution in [2.24, 2.45) is 5.92 Å². The van der Waals surface area contributed by atoms with Gasteiger partial charge in [-0.3, -0.25) is 4.79 Å². The number of aliphatic hydroxyl groups excluding tert-OH is 1. The molecule has 96 valence electrons. The summed E-state index contributed by atoms with van der Waals surface area (Å²) < 4.78 is 1.11. The molecule has 1 heterocycles. The lowest BCUT2D eigenvalue weighted by atomic mass is 10.1. The Morgan fingerprint density at radius 3 is 2.76 bits per heavy atom. The number of aliphatic hydroxyl groups is 1. The quantitative estimate of drug-likeness (QED) is 0.875. The predicted molar refractivity (Wildman–Crippen MR) is 74.2 cm³/mol. The number of thiophene rings is 1. The van der Waals surface area contributed by atoms with Gasteiger partial charge in [-0.25, -0.2) is 0 Å². The van der Waals surface area contributed by atoms with Crippen molar-refractivity contribution in [3.05, 3.63) is 20.8 Å². The first-order chi connectivity index (χ1) is 8.08. The number of likely N-dealkylation sites (N-methyl/N-ethyl adjacent to an activating group) is 1. The Labute approximate surface area is 115 Å². The lowest BCUT2D eigenvalue weighted by Gasteiger charge is -2.21. The predicted octanol–water partition coefficient (Wildman–Crippen LogP) is 2.53. The first kappa shape index (κ1) is 14.7. The van der Waals surface area contributed by atoms with Crippen LogP contribution in [0.2, 0.25) is 0 Å². The molecule has 1 aromatic heterocycles. The van der Waals surface area contributed by atoms with Gasteiger partial charge in [0.2, 0.25) is 5.91 Å². The zero-order valence-corrected chi connectivity index (χ0v) is 12.6. The maximum Gasteiger partial charge on any atom is 0.227 e. The zero-order chi connectivity index (χ0) is 12.8. The minimum Gasteiger partial charge on any atom is -0.396 e. The molecule has 1 N–H and O–H groups in total. The molecule has 5 heteroatoms. The van der Waals surface area contributed by atoms with Crippen molar-refractivity contribution in [2.45, 2.75) is 19.8 Å². The number of halogens is 1. The van der Waals surface area contributed by atoms with E-state index >= 15 is 0 Å². The summed E-state index contributed by atoms with van der Waals surface area (Å²) in [4.78, 5) is 14.9. The second-order valence-corrected chi connectivity index (χ2v) is 6.55. The third-order valence-electron chi connectivity index (χ3n) is 2.76. The minimum atomic E-state index is -0.255. The minimum absolute atomic E-state index is 0.0330. The van der Waals surface area contributed by atoms with Crippen LogP contribution in [0.4, 0.5) is 0 Å². The average molecular weight is 320 g/mol. The third-order valence-corrected chi connectivity index (χ3v) is 4.44. The van der Waals surface area contributed by atoms with Crippen LogP contribution in [0.3, 0.4) is 0 Å². The smallest absolute Gasteiger partial charge is 0.227 e. The number of amides is 1. The van der Waals surface area contributed by atoms with E-state index < -0.39 is 0 Å². The molecule has 0 spiro atoms. The van der Waals surface area contributed by atoms with E-state index in [0.29, 0.717) is 13.0 Å². The molecule has 0 fully saturated rings.